The van der Waals surface area contributed by atoms with Crippen molar-refractivity contribution in [3.63, 3.8) is 0 Å². The van der Waals surface area contributed by atoms with Crippen molar-refractivity contribution in [2.24, 2.45) is 0 Å². The Kier molecular flexibility index (Phi) is 6.41. The number of rotatable bonds is 5. The van der Waals surface area contributed by atoms with Crippen molar-refractivity contribution >= 4 is 5.78 Å². The second-order valence-corrected chi connectivity index (χ2v) is 2.83. The largest absolute Gasteiger partial charge is 0.371 e. The molecule has 0 N–H and O–H groups in total. The van der Waals surface area contributed by atoms with Gasteiger partial charge in [-0.15, -0.1) is 11.8 Å². The minimum atomic E-state index is 0.131. The van der Waals surface area contributed by atoms with Gasteiger partial charge in [0.2, 0.25) is 0 Å². The molecule has 0 spiro atoms. The third-order valence-electron chi connectivity index (χ3n) is 1.28. The lowest BCUT2D eigenvalue weighted by Crippen LogP contribution is -2.12. The molecule has 0 saturated carbocycles. The van der Waals surface area contributed by atoms with Gasteiger partial charge in [0.05, 0.1) is 6.10 Å². The third-order valence-corrected chi connectivity index (χ3v) is 1.28. The Bertz CT molecular complexity index is 184. The quantitative estimate of drug-likeness (QED) is 0.585. The molecular weight excluding hydrogens is 152 g/mol. The van der Waals surface area contributed by atoms with Crippen molar-refractivity contribution < 1.29 is 9.53 Å². The molecular formula is C10H16O2. The van der Waals surface area contributed by atoms with Crippen LogP contribution in [-0.2, 0) is 9.53 Å². The van der Waals surface area contributed by atoms with Crippen LogP contribution in [-0.4, -0.2) is 18.5 Å². The zero-order valence-corrected chi connectivity index (χ0v) is 8.02. The SMILES string of the molecule is CC#CCCC(=O)COC(C)C. The van der Waals surface area contributed by atoms with E-state index in [2.05, 4.69) is 11.8 Å². The summed E-state index contributed by atoms with van der Waals surface area (Å²) >= 11 is 0. The third kappa shape index (κ3) is 7.30. The van der Waals surface area contributed by atoms with Gasteiger partial charge in [-0.25, -0.2) is 0 Å². The number of hydrogen-bond donors (Lipinski definition) is 0. The molecule has 0 unspecified atom stereocenters. The monoisotopic (exact) mass is 168 g/mol. The van der Waals surface area contributed by atoms with Crippen molar-refractivity contribution in [2.45, 2.75) is 39.7 Å². The van der Waals surface area contributed by atoms with Gasteiger partial charge in [-0.1, -0.05) is 0 Å². The molecule has 0 aromatic rings. The molecule has 2 heteroatoms. The molecule has 0 rings (SSSR count). The van der Waals surface area contributed by atoms with Crippen LogP contribution in [0.2, 0.25) is 0 Å². The number of hydrogen-bond acceptors (Lipinski definition) is 2. The smallest absolute Gasteiger partial charge is 0.159 e. The summed E-state index contributed by atoms with van der Waals surface area (Å²) in [4.78, 5) is 11.0. The number of carbonyl (C=O) groups excluding carboxylic acids is 1. The lowest BCUT2D eigenvalue weighted by atomic mass is 10.2. The van der Waals surface area contributed by atoms with E-state index < -0.39 is 0 Å². The average Bonchev–Trinajstić information content (AvgIpc) is 2.01. The molecule has 0 aromatic heterocycles. The fourth-order valence-corrected chi connectivity index (χ4v) is 0.659. The highest BCUT2D eigenvalue weighted by Gasteiger charge is 2.01. The summed E-state index contributed by atoms with van der Waals surface area (Å²) < 4.78 is 5.14. The lowest BCUT2D eigenvalue weighted by molar-refractivity contribution is -0.124. The van der Waals surface area contributed by atoms with Crippen molar-refractivity contribution in [3.8, 4) is 11.8 Å². The molecule has 0 saturated heterocycles. The van der Waals surface area contributed by atoms with Gasteiger partial charge >= 0.3 is 0 Å². The molecule has 0 bridgehead atoms. The Labute approximate surface area is 74.3 Å². The van der Waals surface area contributed by atoms with Crippen molar-refractivity contribution in [1.29, 1.82) is 0 Å². The van der Waals surface area contributed by atoms with E-state index in [0.717, 1.165) is 0 Å². The van der Waals surface area contributed by atoms with Crippen LogP contribution in [0.25, 0.3) is 0 Å². The maximum atomic E-state index is 11.0. The first-order valence-corrected chi connectivity index (χ1v) is 4.19. The molecule has 0 aliphatic rings. The average molecular weight is 168 g/mol. The van der Waals surface area contributed by atoms with Gasteiger partial charge in [0, 0.05) is 12.8 Å². The summed E-state index contributed by atoms with van der Waals surface area (Å²) in [5.41, 5.74) is 0. The Morgan fingerprint density at radius 3 is 2.67 bits per heavy atom. The van der Waals surface area contributed by atoms with Gasteiger partial charge in [0.1, 0.15) is 6.61 Å². The molecule has 68 valence electrons. The van der Waals surface area contributed by atoms with Crippen molar-refractivity contribution in [3.05, 3.63) is 0 Å². The standard InChI is InChI=1S/C10H16O2/c1-4-5-6-7-10(11)8-12-9(2)3/h9H,6-8H2,1-3H3. The zero-order valence-electron chi connectivity index (χ0n) is 8.02. The molecule has 0 fully saturated rings. The maximum Gasteiger partial charge on any atom is 0.159 e. The van der Waals surface area contributed by atoms with Gasteiger partial charge in [-0.05, 0) is 20.8 Å². The lowest BCUT2D eigenvalue weighted by Gasteiger charge is -2.04. The Hall–Kier alpha value is -0.810. The minimum absolute atomic E-state index is 0.131. The summed E-state index contributed by atoms with van der Waals surface area (Å²) in [5.74, 6) is 5.72. The van der Waals surface area contributed by atoms with E-state index in [1.54, 1.807) is 6.92 Å². The van der Waals surface area contributed by atoms with Crippen LogP contribution in [0, 0.1) is 11.8 Å². The second kappa shape index (κ2) is 6.87. The Morgan fingerprint density at radius 2 is 2.17 bits per heavy atom. The van der Waals surface area contributed by atoms with Gasteiger partial charge < -0.3 is 4.74 Å². The van der Waals surface area contributed by atoms with Crippen LogP contribution in [0.5, 0.6) is 0 Å². The highest BCUT2D eigenvalue weighted by atomic mass is 16.5. The molecule has 0 amide bonds. The molecule has 0 radical (unpaired) electrons. The van der Waals surface area contributed by atoms with Crippen LogP contribution < -0.4 is 0 Å². The van der Waals surface area contributed by atoms with E-state index in [9.17, 15) is 4.79 Å². The van der Waals surface area contributed by atoms with Crippen molar-refractivity contribution in [2.75, 3.05) is 6.61 Å². The van der Waals surface area contributed by atoms with Gasteiger partial charge in [0.25, 0.3) is 0 Å². The topological polar surface area (TPSA) is 26.3 Å². The highest BCUT2D eigenvalue weighted by Crippen LogP contribution is 1.93. The summed E-state index contributed by atoms with van der Waals surface area (Å²) in [6.07, 6.45) is 1.29. The van der Waals surface area contributed by atoms with E-state index in [4.69, 9.17) is 4.74 Å². The fourth-order valence-electron chi connectivity index (χ4n) is 0.659. The first-order valence-electron chi connectivity index (χ1n) is 4.19. The molecule has 0 aliphatic heterocycles. The summed E-state index contributed by atoms with van der Waals surface area (Å²) in [5, 5.41) is 0. The predicted octanol–water partition coefficient (Wildman–Crippen LogP) is 1.78. The molecule has 0 aliphatic carbocycles. The van der Waals surface area contributed by atoms with Gasteiger partial charge in [-0.2, -0.15) is 0 Å². The molecule has 2 nitrogen and oxygen atoms in total. The van der Waals surface area contributed by atoms with Crippen LogP contribution >= 0.6 is 0 Å². The first kappa shape index (κ1) is 11.2. The number of ether oxygens (including phenoxy) is 1. The van der Waals surface area contributed by atoms with Gasteiger partial charge in [0.15, 0.2) is 5.78 Å². The molecule has 0 aromatic carbocycles. The predicted molar refractivity (Wildman–Crippen MR) is 48.8 cm³/mol. The van der Waals surface area contributed by atoms with E-state index >= 15 is 0 Å². The Balaban J connectivity index is 3.38. The van der Waals surface area contributed by atoms with Crippen LogP contribution in [0.1, 0.15) is 33.6 Å². The molecule has 12 heavy (non-hydrogen) atoms. The minimum Gasteiger partial charge on any atom is -0.371 e. The van der Waals surface area contributed by atoms with Crippen LogP contribution in [0.4, 0.5) is 0 Å². The molecule has 0 heterocycles. The van der Waals surface area contributed by atoms with Crippen LogP contribution in [0.15, 0.2) is 0 Å². The fraction of sp³-hybridized carbons (Fsp3) is 0.700. The Morgan fingerprint density at radius 1 is 1.50 bits per heavy atom. The van der Waals surface area contributed by atoms with Crippen LogP contribution in [0.3, 0.4) is 0 Å². The first-order chi connectivity index (χ1) is 5.66. The van der Waals surface area contributed by atoms with E-state index in [1.165, 1.54) is 0 Å². The van der Waals surface area contributed by atoms with Crippen molar-refractivity contribution in [1.82, 2.24) is 0 Å². The van der Waals surface area contributed by atoms with E-state index in [1.807, 2.05) is 13.8 Å². The van der Waals surface area contributed by atoms with Gasteiger partial charge in [-0.3, -0.25) is 4.79 Å². The number of ketones is 1. The second-order valence-electron chi connectivity index (χ2n) is 2.83. The highest BCUT2D eigenvalue weighted by molar-refractivity contribution is 5.79. The molecule has 0 atom stereocenters. The zero-order chi connectivity index (χ0) is 9.40. The number of carbonyl (C=O) groups is 1. The maximum absolute atomic E-state index is 11.0. The number of Topliss-reactive ketones (excluding diaryl/α,β-unsaturated/α-hetero) is 1. The summed E-state index contributed by atoms with van der Waals surface area (Å²) in [6, 6.07) is 0. The summed E-state index contributed by atoms with van der Waals surface area (Å²) in [6.45, 7) is 5.83. The van der Waals surface area contributed by atoms with E-state index in [-0.39, 0.29) is 18.5 Å². The summed E-state index contributed by atoms with van der Waals surface area (Å²) in [7, 11) is 0. The normalized spacial score (nSPS) is 9.33. The van der Waals surface area contributed by atoms with E-state index in [0.29, 0.717) is 12.8 Å².